The van der Waals surface area contributed by atoms with Crippen LogP contribution < -0.4 is 5.32 Å². The van der Waals surface area contributed by atoms with E-state index in [1.807, 2.05) is 0 Å². The first-order valence-corrected chi connectivity index (χ1v) is 8.11. The maximum atomic E-state index is 11.6. The maximum absolute atomic E-state index is 11.6. The molecule has 8 heteroatoms. The third-order valence-electron chi connectivity index (χ3n) is 2.88. The van der Waals surface area contributed by atoms with Crippen molar-refractivity contribution in [2.24, 2.45) is 11.8 Å². The van der Waals surface area contributed by atoms with Crippen molar-refractivity contribution >= 4 is 21.9 Å². The molecule has 1 aliphatic heterocycles. The van der Waals surface area contributed by atoms with E-state index in [-0.39, 0.29) is 18.1 Å². The Hall–Kier alpha value is -1.31. The van der Waals surface area contributed by atoms with Crippen LogP contribution in [0.4, 0.5) is 4.79 Å². The lowest BCUT2D eigenvalue weighted by Gasteiger charge is -2.21. The second-order valence-electron chi connectivity index (χ2n) is 5.85. The minimum Gasteiger partial charge on any atom is -0.469 e. The van der Waals surface area contributed by atoms with Crippen LogP contribution in [0.25, 0.3) is 0 Å². The van der Waals surface area contributed by atoms with Crippen LogP contribution in [-0.4, -0.2) is 51.2 Å². The molecule has 0 aromatic carbocycles. The second kappa shape index (κ2) is 5.99. The number of carbonyl (C=O) groups is 2. The molecule has 0 aliphatic carbocycles. The standard InChI is InChI=1S/C12H21NO6S/c1-12(2,3)19-11(15)13-5-8-6-20(16,17)7-9(8)10(14)18-4/h8-9H,5-7H2,1-4H3,(H,13,15)/t8-,9+/m1/s1. The molecule has 20 heavy (non-hydrogen) atoms. The summed E-state index contributed by atoms with van der Waals surface area (Å²) in [5.74, 6) is -2.16. The number of esters is 1. The molecule has 0 bridgehead atoms. The van der Waals surface area contributed by atoms with Gasteiger partial charge in [0, 0.05) is 12.5 Å². The molecule has 7 nitrogen and oxygen atoms in total. The molecule has 2 atom stereocenters. The van der Waals surface area contributed by atoms with Gasteiger partial charge in [-0.1, -0.05) is 0 Å². The number of amides is 1. The summed E-state index contributed by atoms with van der Waals surface area (Å²) >= 11 is 0. The summed E-state index contributed by atoms with van der Waals surface area (Å²) in [7, 11) is -2.06. The predicted octanol–water partition coefficient (Wildman–Crippen LogP) is 0.345. The zero-order chi connectivity index (χ0) is 15.6. The number of sulfone groups is 1. The van der Waals surface area contributed by atoms with Crippen molar-refractivity contribution in [3.63, 3.8) is 0 Å². The first-order chi connectivity index (χ1) is 9.04. The van der Waals surface area contributed by atoms with Gasteiger partial charge < -0.3 is 14.8 Å². The van der Waals surface area contributed by atoms with E-state index in [0.717, 1.165) is 0 Å². The topological polar surface area (TPSA) is 98.8 Å². The normalized spacial score (nSPS) is 25.0. The number of nitrogens with one attached hydrogen (secondary N) is 1. The van der Waals surface area contributed by atoms with Crippen LogP contribution in [0, 0.1) is 11.8 Å². The van der Waals surface area contributed by atoms with Crippen molar-refractivity contribution in [3.8, 4) is 0 Å². The lowest BCUT2D eigenvalue weighted by molar-refractivity contribution is -0.145. The summed E-state index contributed by atoms with van der Waals surface area (Å²) in [5, 5.41) is 2.49. The van der Waals surface area contributed by atoms with Crippen LogP contribution in [0.5, 0.6) is 0 Å². The number of alkyl carbamates (subject to hydrolysis) is 1. The Morgan fingerprint density at radius 1 is 1.25 bits per heavy atom. The predicted molar refractivity (Wildman–Crippen MR) is 71.9 cm³/mol. The van der Waals surface area contributed by atoms with Gasteiger partial charge in [-0.15, -0.1) is 0 Å². The number of ether oxygens (including phenoxy) is 2. The van der Waals surface area contributed by atoms with Crippen LogP contribution in [-0.2, 0) is 24.1 Å². The molecule has 1 aliphatic rings. The number of methoxy groups -OCH3 is 1. The summed E-state index contributed by atoms with van der Waals surface area (Å²) in [4.78, 5) is 23.1. The molecule has 116 valence electrons. The van der Waals surface area contributed by atoms with E-state index in [0.29, 0.717) is 0 Å². The molecular weight excluding hydrogens is 286 g/mol. The Balaban J connectivity index is 2.61. The van der Waals surface area contributed by atoms with E-state index >= 15 is 0 Å². The minimum atomic E-state index is -3.28. The Labute approximate surface area is 118 Å². The monoisotopic (exact) mass is 307 g/mol. The fourth-order valence-corrected chi connectivity index (χ4v) is 4.16. The zero-order valence-electron chi connectivity index (χ0n) is 12.1. The average Bonchev–Trinajstić information content (AvgIpc) is 2.59. The highest BCUT2D eigenvalue weighted by Gasteiger charge is 2.42. The van der Waals surface area contributed by atoms with Gasteiger partial charge in [-0.25, -0.2) is 13.2 Å². The van der Waals surface area contributed by atoms with Gasteiger partial charge >= 0.3 is 12.1 Å². The van der Waals surface area contributed by atoms with Crippen molar-refractivity contribution in [1.29, 1.82) is 0 Å². The van der Waals surface area contributed by atoms with Crippen LogP contribution in [0.1, 0.15) is 20.8 Å². The van der Waals surface area contributed by atoms with Gasteiger partial charge in [0.1, 0.15) is 5.60 Å². The lowest BCUT2D eigenvalue weighted by Crippen LogP contribution is -2.38. The third-order valence-corrected chi connectivity index (χ3v) is 4.68. The summed E-state index contributed by atoms with van der Waals surface area (Å²) in [6.07, 6.45) is -0.634. The number of carbonyl (C=O) groups excluding carboxylic acids is 2. The molecular formula is C12H21NO6S. The molecule has 0 aromatic rings. The molecule has 1 amide bonds. The number of hydrogen-bond acceptors (Lipinski definition) is 6. The summed E-state index contributed by atoms with van der Waals surface area (Å²) in [5.41, 5.74) is -0.631. The van der Waals surface area contributed by atoms with Crippen molar-refractivity contribution in [2.45, 2.75) is 26.4 Å². The van der Waals surface area contributed by atoms with Gasteiger partial charge in [0.05, 0.1) is 24.5 Å². The molecule has 0 unspecified atom stereocenters. The van der Waals surface area contributed by atoms with E-state index < -0.39 is 39.3 Å². The van der Waals surface area contributed by atoms with E-state index in [1.54, 1.807) is 20.8 Å². The van der Waals surface area contributed by atoms with Gasteiger partial charge in [-0.3, -0.25) is 4.79 Å². The molecule has 0 spiro atoms. The minimum absolute atomic E-state index is 0.0634. The van der Waals surface area contributed by atoms with Crippen molar-refractivity contribution in [3.05, 3.63) is 0 Å². The van der Waals surface area contributed by atoms with Crippen molar-refractivity contribution < 1.29 is 27.5 Å². The number of rotatable bonds is 3. The first-order valence-electron chi connectivity index (χ1n) is 6.29. The van der Waals surface area contributed by atoms with Crippen molar-refractivity contribution in [1.82, 2.24) is 5.32 Å². The second-order valence-corrected chi connectivity index (χ2v) is 8.00. The Kier molecular flexibility index (Phi) is 5.01. The first kappa shape index (κ1) is 16.7. The summed E-state index contributed by atoms with van der Waals surface area (Å²) < 4.78 is 32.8. The molecule has 1 N–H and O–H groups in total. The van der Waals surface area contributed by atoms with Gasteiger partial charge in [0.2, 0.25) is 0 Å². The highest BCUT2D eigenvalue weighted by Crippen LogP contribution is 2.26. The lowest BCUT2D eigenvalue weighted by atomic mass is 9.96. The zero-order valence-corrected chi connectivity index (χ0v) is 13.0. The SMILES string of the molecule is COC(=O)[C@H]1CS(=O)(=O)C[C@H]1CNC(=O)OC(C)(C)C. The number of hydrogen-bond donors (Lipinski definition) is 1. The van der Waals surface area contributed by atoms with E-state index in [2.05, 4.69) is 10.1 Å². The van der Waals surface area contributed by atoms with Gasteiger partial charge in [0.25, 0.3) is 0 Å². The molecule has 0 radical (unpaired) electrons. The molecule has 1 rings (SSSR count). The fraction of sp³-hybridized carbons (Fsp3) is 0.833. The fourth-order valence-electron chi connectivity index (χ4n) is 2.06. The molecule has 1 heterocycles. The Morgan fingerprint density at radius 3 is 2.35 bits per heavy atom. The molecule has 0 aromatic heterocycles. The van der Waals surface area contributed by atoms with Crippen LogP contribution in [0.2, 0.25) is 0 Å². The molecule has 0 saturated carbocycles. The highest BCUT2D eigenvalue weighted by atomic mass is 32.2. The third kappa shape index (κ3) is 4.99. The van der Waals surface area contributed by atoms with E-state index in [1.165, 1.54) is 7.11 Å². The highest BCUT2D eigenvalue weighted by molar-refractivity contribution is 7.91. The van der Waals surface area contributed by atoms with Crippen LogP contribution in [0.15, 0.2) is 0 Å². The van der Waals surface area contributed by atoms with Gasteiger partial charge in [-0.2, -0.15) is 0 Å². The van der Waals surface area contributed by atoms with Gasteiger partial charge in [-0.05, 0) is 20.8 Å². The Bertz CT molecular complexity index is 479. The van der Waals surface area contributed by atoms with E-state index in [4.69, 9.17) is 4.74 Å². The molecule has 1 fully saturated rings. The smallest absolute Gasteiger partial charge is 0.407 e. The van der Waals surface area contributed by atoms with E-state index in [9.17, 15) is 18.0 Å². The van der Waals surface area contributed by atoms with Gasteiger partial charge in [0.15, 0.2) is 9.84 Å². The maximum Gasteiger partial charge on any atom is 0.407 e. The van der Waals surface area contributed by atoms with Crippen LogP contribution in [0.3, 0.4) is 0 Å². The largest absolute Gasteiger partial charge is 0.469 e. The Morgan fingerprint density at radius 2 is 1.85 bits per heavy atom. The quantitative estimate of drug-likeness (QED) is 0.755. The van der Waals surface area contributed by atoms with Crippen molar-refractivity contribution in [2.75, 3.05) is 25.2 Å². The average molecular weight is 307 g/mol. The summed E-state index contributed by atoms with van der Waals surface area (Å²) in [6, 6.07) is 0. The summed E-state index contributed by atoms with van der Waals surface area (Å²) in [6.45, 7) is 5.24. The molecule has 1 saturated heterocycles. The van der Waals surface area contributed by atoms with Crippen LogP contribution >= 0.6 is 0 Å².